The summed E-state index contributed by atoms with van der Waals surface area (Å²) in [6.07, 6.45) is 3.28. The van der Waals surface area contributed by atoms with E-state index in [-0.39, 0.29) is 5.91 Å². The lowest BCUT2D eigenvalue weighted by Crippen LogP contribution is -2.47. The summed E-state index contributed by atoms with van der Waals surface area (Å²) >= 11 is 0. The van der Waals surface area contributed by atoms with Crippen LogP contribution in [0.2, 0.25) is 0 Å². The topological polar surface area (TPSA) is 56.6 Å². The van der Waals surface area contributed by atoms with Gasteiger partial charge in [-0.15, -0.1) is 0 Å². The number of fused-ring (bicyclic) bond motifs is 1. The maximum absolute atomic E-state index is 13.0. The van der Waals surface area contributed by atoms with Crippen LogP contribution in [0.15, 0.2) is 42.7 Å². The number of carbonyl (C=O) groups is 1. The molecule has 0 radical (unpaired) electrons. The van der Waals surface area contributed by atoms with Gasteiger partial charge in [-0.25, -0.2) is 4.98 Å². The molecule has 2 aliphatic rings. The predicted molar refractivity (Wildman–Crippen MR) is 110 cm³/mol. The molecule has 29 heavy (non-hydrogen) atoms. The molecule has 0 saturated carbocycles. The fraction of sp³-hybridized carbons (Fsp3) is 0.391. The monoisotopic (exact) mass is 391 g/mol. The molecule has 1 aromatic heterocycles. The Kier molecular flexibility index (Phi) is 4.41. The number of benzene rings is 2. The highest BCUT2D eigenvalue weighted by atomic mass is 16.7. The quantitative estimate of drug-likeness (QED) is 0.670. The van der Waals surface area contributed by atoms with Crippen LogP contribution in [-0.4, -0.2) is 52.4 Å². The predicted octanol–water partition coefficient (Wildman–Crippen LogP) is 3.62. The fourth-order valence-corrected chi connectivity index (χ4v) is 4.43. The molecule has 0 atom stereocenters. The first-order valence-electron chi connectivity index (χ1n) is 10.2. The molecule has 150 valence electrons. The molecule has 1 amide bonds. The number of nitrogens with zero attached hydrogens (tertiary/aromatic N) is 3. The minimum Gasteiger partial charge on any atom is -0.347 e. The molecule has 3 heterocycles. The van der Waals surface area contributed by atoms with E-state index in [0.29, 0.717) is 31.9 Å². The first kappa shape index (κ1) is 18.3. The van der Waals surface area contributed by atoms with Gasteiger partial charge in [0.1, 0.15) is 6.33 Å². The Morgan fingerprint density at radius 3 is 2.52 bits per heavy atom. The average Bonchev–Trinajstić information content (AvgIpc) is 3.35. The number of aryl methyl sites for hydroxylation is 2. The normalized spacial score (nSPS) is 18.6. The number of hydrogen-bond acceptors (Lipinski definition) is 4. The third kappa shape index (κ3) is 3.22. The third-order valence-electron chi connectivity index (χ3n) is 6.03. The van der Waals surface area contributed by atoms with Gasteiger partial charge in [-0.1, -0.05) is 17.7 Å². The van der Waals surface area contributed by atoms with Crippen LogP contribution < -0.4 is 0 Å². The maximum Gasteiger partial charge on any atom is 0.253 e. The minimum atomic E-state index is -0.467. The van der Waals surface area contributed by atoms with Gasteiger partial charge in [0.05, 0.1) is 29.9 Å². The van der Waals surface area contributed by atoms with Gasteiger partial charge in [0.25, 0.3) is 5.91 Å². The second-order valence-electron chi connectivity index (χ2n) is 8.01. The number of hydrogen-bond donors (Lipinski definition) is 0. The number of likely N-dealkylation sites (tertiary alicyclic amines) is 1. The van der Waals surface area contributed by atoms with Gasteiger partial charge in [0.15, 0.2) is 5.79 Å². The van der Waals surface area contributed by atoms with E-state index in [1.54, 1.807) is 0 Å². The van der Waals surface area contributed by atoms with Gasteiger partial charge in [-0.05, 0) is 43.7 Å². The number of ether oxygens (including phenoxy) is 2. The lowest BCUT2D eigenvalue weighted by atomic mass is 10.0. The van der Waals surface area contributed by atoms with Crippen LogP contribution in [-0.2, 0) is 9.47 Å². The molecule has 0 bridgehead atoms. The molecule has 5 rings (SSSR count). The molecule has 1 spiro atoms. The average molecular weight is 391 g/mol. The molecule has 6 nitrogen and oxygen atoms in total. The molecule has 2 aromatic carbocycles. The number of imidazole rings is 1. The van der Waals surface area contributed by atoms with Gasteiger partial charge < -0.3 is 14.4 Å². The van der Waals surface area contributed by atoms with E-state index in [1.165, 1.54) is 11.1 Å². The van der Waals surface area contributed by atoms with E-state index < -0.39 is 5.79 Å². The summed E-state index contributed by atoms with van der Waals surface area (Å²) in [4.78, 5) is 19.5. The van der Waals surface area contributed by atoms with E-state index in [2.05, 4.69) is 41.6 Å². The second kappa shape index (κ2) is 6.97. The minimum absolute atomic E-state index is 0.0424. The van der Waals surface area contributed by atoms with Crippen LogP contribution >= 0.6 is 0 Å². The van der Waals surface area contributed by atoms with Crippen molar-refractivity contribution in [2.45, 2.75) is 32.5 Å². The summed E-state index contributed by atoms with van der Waals surface area (Å²) in [5, 5.41) is 0. The summed E-state index contributed by atoms with van der Waals surface area (Å²) < 4.78 is 13.6. The molecule has 2 aliphatic heterocycles. The molecular formula is C23H25N3O3. The van der Waals surface area contributed by atoms with Gasteiger partial charge >= 0.3 is 0 Å². The Morgan fingerprint density at radius 2 is 1.79 bits per heavy atom. The lowest BCUT2D eigenvalue weighted by molar-refractivity contribution is -0.181. The smallest absolute Gasteiger partial charge is 0.253 e. The molecule has 0 unspecified atom stereocenters. The van der Waals surface area contributed by atoms with Crippen LogP contribution in [0.4, 0.5) is 0 Å². The zero-order valence-electron chi connectivity index (χ0n) is 16.9. The number of carbonyl (C=O) groups excluding carboxylic acids is 1. The number of amides is 1. The van der Waals surface area contributed by atoms with Crippen LogP contribution in [0.3, 0.4) is 0 Å². The summed E-state index contributed by atoms with van der Waals surface area (Å²) in [5.41, 5.74) is 6.04. The molecule has 6 heteroatoms. The van der Waals surface area contributed by atoms with E-state index in [0.717, 1.165) is 29.6 Å². The van der Waals surface area contributed by atoms with Crippen LogP contribution in [0, 0.1) is 13.8 Å². The Labute approximate surface area is 170 Å². The van der Waals surface area contributed by atoms with Crippen molar-refractivity contribution in [3.63, 3.8) is 0 Å². The highest BCUT2D eigenvalue weighted by molar-refractivity contribution is 5.97. The maximum atomic E-state index is 13.0. The Bertz CT molecular complexity index is 1070. The van der Waals surface area contributed by atoms with Crippen molar-refractivity contribution >= 4 is 16.9 Å². The van der Waals surface area contributed by atoms with Crippen LogP contribution in [0.5, 0.6) is 0 Å². The Morgan fingerprint density at radius 1 is 1.03 bits per heavy atom. The number of piperidine rings is 1. The van der Waals surface area contributed by atoms with Crippen LogP contribution in [0.1, 0.15) is 34.3 Å². The highest BCUT2D eigenvalue weighted by Crippen LogP contribution is 2.32. The Hall–Kier alpha value is -2.70. The first-order chi connectivity index (χ1) is 14.0. The molecule has 0 aliphatic carbocycles. The van der Waals surface area contributed by atoms with Crippen LogP contribution in [0.25, 0.3) is 16.7 Å². The third-order valence-corrected chi connectivity index (χ3v) is 6.03. The molecule has 2 fully saturated rings. The van der Waals surface area contributed by atoms with Gasteiger partial charge in [0, 0.05) is 31.5 Å². The van der Waals surface area contributed by atoms with Crippen molar-refractivity contribution in [2.75, 3.05) is 26.3 Å². The van der Waals surface area contributed by atoms with E-state index in [4.69, 9.17) is 9.47 Å². The van der Waals surface area contributed by atoms with E-state index >= 15 is 0 Å². The fourth-order valence-electron chi connectivity index (χ4n) is 4.43. The summed E-state index contributed by atoms with van der Waals surface area (Å²) in [7, 11) is 0. The molecule has 0 N–H and O–H groups in total. The zero-order valence-corrected chi connectivity index (χ0v) is 16.9. The molecule has 3 aromatic rings. The summed E-state index contributed by atoms with van der Waals surface area (Å²) in [5.74, 6) is -0.424. The van der Waals surface area contributed by atoms with Crippen molar-refractivity contribution in [2.24, 2.45) is 0 Å². The number of rotatable bonds is 2. The van der Waals surface area contributed by atoms with Crippen molar-refractivity contribution in [3.05, 3.63) is 59.4 Å². The van der Waals surface area contributed by atoms with E-state index in [9.17, 15) is 4.79 Å². The molecule has 2 saturated heterocycles. The SMILES string of the molecule is Cc1ccc(-n2cnc3cc(C(=O)N4CCC5(CC4)OCCO5)ccc32)c(C)c1. The molecular weight excluding hydrogens is 366 g/mol. The Balaban J connectivity index is 1.39. The van der Waals surface area contributed by atoms with Gasteiger partial charge in [-0.3, -0.25) is 9.36 Å². The largest absolute Gasteiger partial charge is 0.347 e. The zero-order chi connectivity index (χ0) is 20.0. The standard InChI is InChI=1S/C23H25N3O3/c1-16-3-5-20(17(2)13-16)26-15-24-19-14-18(4-6-21(19)26)22(27)25-9-7-23(8-10-25)28-11-12-29-23/h3-6,13-15H,7-12H2,1-2H3. The van der Waals surface area contributed by atoms with Gasteiger partial charge in [0.2, 0.25) is 0 Å². The lowest BCUT2D eigenvalue weighted by Gasteiger charge is -2.37. The van der Waals surface area contributed by atoms with E-state index in [1.807, 2.05) is 29.4 Å². The van der Waals surface area contributed by atoms with Crippen molar-refractivity contribution in [3.8, 4) is 5.69 Å². The summed E-state index contributed by atoms with van der Waals surface area (Å²) in [6.45, 7) is 6.78. The van der Waals surface area contributed by atoms with Crippen molar-refractivity contribution in [1.82, 2.24) is 14.5 Å². The first-order valence-corrected chi connectivity index (χ1v) is 10.2. The summed E-state index contributed by atoms with van der Waals surface area (Å²) in [6, 6.07) is 12.2. The second-order valence-corrected chi connectivity index (χ2v) is 8.01. The highest BCUT2D eigenvalue weighted by Gasteiger charge is 2.40. The van der Waals surface area contributed by atoms with Crippen molar-refractivity contribution in [1.29, 1.82) is 0 Å². The van der Waals surface area contributed by atoms with Crippen molar-refractivity contribution < 1.29 is 14.3 Å². The number of aromatic nitrogens is 2. The van der Waals surface area contributed by atoms with Gasteiger partial charge in [-0.2, -0.15) is 0 Å².